The lowest BCUT2D eigenvalue weighted by atomic mass is 10.0. The van der Waals surface area contributed by atoms with Crippen LogP contribution in [-0.4, -0.2) is 31.7 Å². The summed E-state index contributed by atoms with van der Waals surface area (Å²) in [6.07, 6.45) is 0. The highest BCUT2D eigenvalue weighted by atomic mass is 19.2. The summed E-state index contributed by atoms with van der Waals surface area (Å²) in [5, 5.41) is 11.6. The molecule has 5 nitrogen and oxygen atoms in total. The van der Waals surface area contributed by atoms with Crippen molar-refractivity contribution in [2.75, 3.05) is 6.54 Å². The van der Waals surface area contributed by atoms with Crippen molar-refractivity contribution in [3.63, 3.8) is 0 Å². The number of rotatable bonds is 3. The Hall–Kier alpha value is -2.74. The second-order valence-electron chi connectivity index (χ2n) is 5.87. The predicted molar refractivity (Wildman–Crippen MR) is 82.8 cm³/mol. The topological polar surface area (TPSA) is 46.8 Å². The van der Waals surface area contributed by atoms with E-state index in [9.17, 15) is 13.2 Å². The number of hydrogen-bond acceptors (Lipinski definition) is 4. The molecule has 0 radical (unpaired) electrons. The SMILES string of the molecule is Fc1ccccc1C1c2nnnn2CCN1Cc1cccc(F)c1F. The number of hydrogen-bond donors (Lipinski definition) is 0. The third kappa shape index (κ3) is 2.78. The Morgan fingerprint density at radius 2 is 1.76 bits per heavy atom. The number of benzene rings is 2. The fraction of sp³-hybridized carbons (Fsp3) is 0.235. The van der Waals surface area contributed by atoms with E-state index in [0.717, 1.165) is 6.07 Å². The summed E-state index contributed by atoms with van der Waals surface area (Å²) >= 11 is 0. The van der Waals surface area contributed by atoms with Crippen LogP contribution < -0.4 is 0 Å². The summed E-state index contributed by atoms with van der Waals surface area (Å²) in [5.41, 5.74) is 0.609. The highest BCUT2D eigenvalue weighted by molar-refractivity contribution is 5.28. The van der Waals surface area contributed by atoms with Gasteiger partial charge >= 0.3 is 0 Å². The molecule has 0 spiro atoms. The smallest absolute Gasteiger partial charge is 0.173 e. The molecule has 1 aliphatic heterocycles. The zero-order valence-corrected chi connectivity index (χ0v) is 13.1. The van der Waals surface area contributed by atoms with Gasteiger partial charge in [-0.2, -0.15) is 0 Å². The van der Waals surface area contributed by atoms with Crippen LogP contribution in [0.15, 0.2) is 42.5 Å². The zero-order valence-electron chi connectivity index (χ0n) is 13.1. The number of tetrazole rings is 1. The first-order valence-electron chi connectivity index (χ1n) is 7.82. The second-order valence-corrected chi connectivity index (χ2v) is 5.87. The third-order valence-electron chi connectivity index (χ3n) is 4.37. The Labute approximate surface area is 141 Å². The van der Waals surface area contributed by atoms with Crippen molar-refractivity contribution in [1.82, 2.24) is 25.1 Å². The highest BCUT2D eigenvalue weighted by Crippen LogP contribution is 2.33. The highest BCUT2D eigenvalue weighted by Gasteiger charge is 2.34. The van der Waals surface area contributed by atoms with Crippen LogP contribution in [0.25, 0.3) is 0 Å². The van der Waals surface area contributed by atoms with Crippen molar-refractivity contribution in [2.24, 2.45) is 0 Å². The first-order valence-corrected chi connectivity index (χ1v) is 7.82. The number of aromatic nitrogens is 4. The minimum absolute atomic E-state index is 0.120. The van der Waals surface area contributed by atoms with Crippen molar-refractivity contribution in [1.29, 1.82) is 0 Å². The van der Waals surface area contributed by atoms with Crippen molar-refractivity contribution in [2.45, 2.75) is 19.1 Å². The van der Waals surface area contributed by atoms with E-state index in [1.54, 1.807) is 22.9 Å². The van der Waals surface area contributed by atoms with Gasteiger partial charge in [0.1, 0.15) is 11.9 Å². The van der Waals surface area contributed by atoms with Gasteiger partial charge in [0.2, 0.25) is 0 Å². The molecule has 2 heterocycles. The van der Waals surface area contributed by atoms with E-state index in [-0.39, 0.29) is 12.1 Å². The van der Waals surface area contributed by atoms with Crippen LogP contribution in [0.5, 0.6) is 0 Å². The summed E-state index contributed by atoms with van der Waals surface area (Å²) < 4.78 is 43.6. The fourth-order valence-corrected chi connectivity index (χ4v) is 3.17. The Bertz CT molecular complexity index is 911. The first kappa shape index (κ1) is 15.8. The minimum atomic E-state index is -0.901. The van der Waals surface area contributed by atoms with Crippen LogP contribution in [-0.2, 0) is 13.1 Å². The molecule has 1 unspecified atom stereocenters. The van der Waals surface area contributed by atoms with Gasteiger partial charge < -0.3 is 0 Å². The summed E-state index contributed by atoms with van der Waals surface area (Å²) in [6, 6.07) is 9.81. The molecule has 0 saturated heterocycles. The van der Waals surface area contributed by atoms with Crippen molar-refractivity contribution < 1.29 is 13.2 Å². The van der Waals surface area contributed by atoms with Crippen LogP contribution >= 0.6 is 0 Å². The Kier molecular flexibility index (Phi) is 3.96. The average molecular weight is 345 g/mol. The largest absolute Gasteiger partial charge is 0.283 e. The van der Waals surface area contributed by atoms with Gasteiger partial charge in [0.15, 0.2) is 17.5 Å². The van der Waals surface area contributed by atoms with Crippen LogP contribution in [0.1, 0.15) is 23.0 Å². The van der Waals surface area contributed by atoms with E-state index in [4.69, 9.17) is 0 Å². The maximum Gasteiger partial charge on any atom is 0.173 e. The Morgan fingerprint density at radius 3 is 2.60 bits per heavy atom. The standard InChI is InChI=1S/C17H14F3N5/c18-13-6-2-1-5-12(13)16-17-21-22-23-25(17)9-8-24(16)10-11-4-3-7-14(19)15(11)20/h1-7,16H,8-10H2. The summed E-state index contributed by atoms with van der Waals surface area (Å²) in [4.78, 5) is 1.85. The van der Waals surface area contributed by atoms with Gasteiger partial charge in [-0.15, -0.1) is 5.10 Å². The molecule has 1 aliphatic rings. The molecule has 0 amide bonds. The van der Waals surface area contributed by atoms with Gasteiger partial charge in [-0.3, -0.25) is 4.90 Å². The summed E-state index contributed by atoms with van der Waals surface area (Å²) in [5.74, 6) is -1.71. The molecule has 0 N–H and O–H groups in total. The van der Waals surface area contributed by atoms with E-state index in [1.807, 2.05) is 4.90 Å². The molecule has 25 heavy (non-hydrogen) atoms. The predicted octanol–water partition coefficient (Wildman–Crippen LogP) is 2.70. The van der Waals surface area contributed by atoms with E-state index in [0.29, 0.717) is 24.5 Å². The summed E-state index contributed by atoms with van der Waals surface area (Å²) in [6.45, 7) is 1.09. The number of nitrogens with zero attached hydrogens (tertiary/aromatic N) is 5. The van der Waals surface area contributed by atoms with Gasteiger partial charge in [0.05, 0.1) is 6.54 Å². The first-order chi connectivity index (χ1) is 12.1. The van der Waals surface area contributed by atoms with E-state index < -0.39 is 23.5 Å². The van der Waals surface area contributed by atoms with Crippen LogP contribution in [0.3, 0.4) is 0 Å². The molecule has 8 heteroatoms. The van der Waals surface area contributed by atoms with Crippen molar-refractivity contribution >= 4 is 0 Å². The van der Waals surface area contributed by atoms with Crippen LogP contribution in [0.2, 0.25) is 0 Å². The molecule has 0 fully saturated rings. The quantitative estimate of drug-likeness (QED) is 0.732. The lowest BCUT2D eigenvalue weighted by Gasteiger charge is -2.35. The molecule has 1 atom stereocenters. The third-order valence-corrected chi connectivity index (χ3v) is 4.37. The zero-order chi connectivity index (χ0) is 17.4. The monoisotopic (exact) mass is 345 g/mol. The molecule has 1 aromatic heterocycles. The average Bonchev–Trinajstić information content (AvgIpc) is 3.08. The van der Waals surface area contributed by atoms with E-state index in [2.05, 4.69) is 15.5 Å². The summed E-state index contributed by atoms with van der Waals surface area (Å²) in [7, 11) is 0. The van der Waals surface area contributed by atoms with Crippen molar-refractivity contribution in [3.05, 3.63) is 76.9 Å². The molecule has 0 aliphatic carbocycles. The van der Waals surface area contributed by atoms with E-state index in [1.165, 1.54) is 18.2 Å². The van der Waals surface area contributed by atoms with Gasteiger partial charge in [-0.25, -0.2) is 17.9 Å². The van der Waals surface area contributed by atoms with Gasteiger partial charge in [0, 0.05) is 24.2 Å². The minimum Gasteiger partial charge on any atom is -0.283 e. The van der Waals surface area contributed by atoms with Crippen LogP contribution in [0.4, 0.5) is 13.2 Å². The lowest BCUT2D eigenvalue weighted by Crippen LogP contribution is -2.39. The van der Waals surface area contributed by atoms with Gasteiger partial charge in [0.25, 0.3) is 0 Å². The maximum atomic E-state index is 14.4. The molecule has 0 saturated carbocycles. The van der Waals surface area contributed by atoms with E-state index >= 15 is 0 Å². The van der Waals surface area contributed by atoms with Crippen LogP contribution in [0, 0.1) is 17.5 Å². The maximum absolute atomic E-state index is 14.4. The fourth-order valence-electron chi connectivity index (χ4n) is 3.17. The molecule has 3 aromatic rings. The number of halogens is 3. The molecule has 0 bridgehead atoms. The molecular formula is C17H14F3N5. The lowest BCUT2D eigenvalue weighted by molar-refractivity contribution is 0.159. The number of fused-ring (bicyclic) bond motifs is 1. The Morgan fingerprint density at radius 1 is 0.960 bits per heavy atom. The molecule has 2 aromatic carbocycles. The van der Waals surface area contributed by atoms with Crippen molar-refractivity contribution in [3.8, 4) is 0 Å². The van der Waals surface area contributed by atoms with Gasteiger partial charge in [-0.1, -0.05) is 30.3 Å². The normalized spacial score (nSPS) is 17.5. The second kappa shape index (κ2) is 6.29. The molecule has 4 rings (SSSR count). The molecule has 128 valence electrons. The Balaban J connectivity index is 1.76. The molecular weight excluding hydrogens is 331 g/mol. The van der Waals surface area contributed by atoms with Gasteiger partial charge in [-0.05, 0) is 22.6 Å².